The summed E-state index contributed by atoms with van der Waals surface area (Å²) in [4.78, 5) is 25.8. The molecule has 3 aromatic carbocycles. The van der Waals surface area contributed by atoms with Crippen molar-refractivity contribution in [3.05, 3.63) is 84.4 Å². The van der Waals surface area contributed by atoms with Gasteiger partial charge in [-0.3, -0.25) is 4.79 Å². The zero-order chi connectivity index (χ0) is 38.1. The monoisotopic (exact) mass is 700 g/mol. The van der Waals surface area contributed by atoms with Gasteiger partial charge in [-0.25, -0.2) is 4.79 Å². The third-order valence-corrected chi connectivity index (χ3v) is 9.26. The van der Waals surface area contributed by atoms with Crippen LogP contribution in [0.2, 0.25) is 0 Å². The molecule has 0 heterocycles. The Morgan fingerprint density at radius 3 is 1.76 bits per heavy atom. The molecule has 7 nitrogen and oxygen atoms in total. The second-order valence-electron chi connectivity index (χ2n) is 17.0. The van der Waals surface area contributed by atoms with E-state index in [-0.39, 0.29) is 30.0 Å². The molecule has 0 aliphatic heterocycles. The Balaban J connectivity index is 1.48. The predicted octanol–water partition coefficient (Wildman–Crippen LogP) is 10.7. The van der Waals surface area contributed by atoms with Gasteiger partial charge in [-0.1, -0.05) is 84.0 Å². The quantitative estimate of drug-likeness (QED) is 0.0836. The van der Waals surface area contributed by atoms with Crippen LogP contribution in [0.5, 0.6) is 17.2 Å². The minimum absolute atomic E-state index is 0.00822. The van der Waals surface area contributed by atoms with Gasteiger partial charge in [-0.05, 0) is 112 Å². The first-order valence-electron chi connectivity index (χ1n) is 17.9. The second kappa shape index (κ2) is 16.8. The largest absolute Gasteiger partial charge is 0.496 e. The highest BCUT2D eigenvalue weighted by atomic mass is 16.6. The fourth-order valence-corrected chi connectivity index (χ4v) is 5.86. The number of para-hydroxylation sites is 1. The molecule has 0 amide bonds. The molecule has 0 aromatic heterocycles. The van der Waals surface area contributed by atoms with E-state index in [1.54, 1.807) is 13.2 Å². The summed E-state index contributed by atoms with van der Waals surface area (Å²) in [6.45, 7) is 23.4. The van der Waals surface area contributed by atoms with Crippen LogP contribution in [-0.4, -0.2) is 43.5 Å². The third kappa shape index (κ3) is 12.8. The minimum Gasteiger partial charge on any atom is -0.496 e. The van der Waals surface area contributed by atoms with Crippen molar-refractivity contribution < 1.29 is 33.3 Å². The lowest BCUT2D eigenvalue weighted by atomic mass is 9.61. The number of esters is 2. The highest BCUT2D eigenvalue weighted by Crippen LogP contribution is 2.48. The van der Waals surface area contributed by atoms with Crippen molar-refractivity contribution in [2.45, 2.75) is 107 Å². The number of carbonyl (C=O) groups excluding carboxylic acids is 2. The van der Waals surface area contributed by atoms with E-state index in [2.05, 4.69) is 55.4 Å². The first-order chi connectivity index (χ1) is 23.6. The van der Waals surface area contributed by atoms with Crippen molar-refractivity contribution in [2.75, 3.05) is 20.3 Å². The lowest BCUT2D eigenvalue weighted by Gasteiger charge is -2.45. The van der Waals surface area contributed by atoms with Gasteiger partial charge in [-0.2, -0.15) is 0 Å². The van der Waals surface area contributed by atoms with Gasteiger partial charge in [0.15, 0.2) is 0 Å². The van der Waals surface area contributed by atoms with E-state index in [0.717, 1.165) is 28.9 Å². The van der Waals surface area contributed by atoms with Crippen molar-refractivity contribution in [1.29, 1.82) is 0 Å². The van der Waals surface area contributed by atoms with Gasteiger partial charge in [-0.15, -0.1) is 0 Å². The van der Waals surface area contributed by atoms with Crippen molar-refractivity contribution in [1.82, 2.24) is 0 Å². The smallest absolute Gasteiger partial charge is 0.330 e. The Bertz CT molecular complexity index is 1600. The first kappa shape index (κ1) is 41.2. The van der Waals surface area contributed by atoms with E-state index in [4.69, 9.17) is 23.7 Å². The maximum atomic E-state index is 13.7. The van der Waals surface area contributed by atoms with Gasteiger partial charge in [0, 0.05) is 11.6 Å². The van der Waals surface area contributed by atoms with Crippen LogP contribution in [0.3, 0.4) is 0 Å². The number of hydrogen-bond donors (Lipinski definition) is 0. The molecule has 0 fully saturated rings. The van der Waals surface area contributed by atoms with Crippen LogP contribution in [-0.2, 0) is 19.1 Å². The molecule has 1 atom stereocenters. The van der Waals surface area contributed by atoms with E-state index in [1.165, 1.54) is 6.08 Å². The molecular formula is C44H60O7. The molecule has 7 heteroatoms. The molecule has 0 saturated heterocycles. The number of carbonyl (C=O) groups is 2. The Morgan fingerprint density at radius 2 is 1.22 bits per heavy atom. The van der Waals surface area contributed by atoms with Gasteiger partial charge in [0.1, 0.15) is 41.7 Å². The Morgan fingerprint density at radius 1 is 0.667 bits per heavy atom. The van der Waals surface area contributed by atoms with E-state index in [0.29, 0.717) is 24.3 Å². The molecule has 0 aliphatic carbocycles. The second-order valence-corrected chi connectivity index (χ2v) is 17.0. The molecule has 0 saturated carbocycles. The predicted molar refractivity (Wildman–Crippen MR) is 206 cm³/mol. The standard InChI is InChI=1S/C44H60O7/c1-40(2,3)31-44(11,41(4,5)6)39(46)51-43(9,10)28-27-42(7,8)50-36-24-19-33(20-25-36)32-17-22-35(23-18-32)48-29-30-49-38(45)26-21-34-15-13-14-16-37(34)47-12/h13-26H,27-31H2,1-12H3/b26-21-. The summed E-state index contributed by atoms with van der Waals surface area (Å²) in [6, 6.07) is 23.2. The molecular weight excluding hydrogens is 640 g/mol. The van der Waals surface area contributed by atoms with Crippen LogP contribution in [0.1, 0.15) is 101 Å². The molecule has 0 aliphatic rings. The third-order valence-electron chi connectivity index (χ3n) is 9.26. The zero-order valence-corrected chi connectivity index (χ0v) is 33.0. The van der Waals surface area contributed by atoms with Gasteiger partial charge < -0.3 is 23.7 Å². The van der Waals surface area contributed by atoms with Crippen LogP contribution >= 0.6 is 0 Å². The Kier molecular flexibility index (Phi) is 13.6. The van der Waals surface area contributed by atoms with Crippen LogP contribution in [0.4, 0.5) is 0 Å². The summed E-state index contributed by atoms with van der Waals surface area (Å²) in [7, 11) is 1.59. The molecule has 1 unspecified atom stereocenters. The van der Waals surface area contributed by atoms with Gasteiger partial charge >= 0.3 is 11.9 Å². The fraction of sp³-hybridized carbons (Fsp3) is 0.500. The topological polar surface area (TPSA) is 80.3 Å². The molecule has 0 radical (unpaired) electrons. The lowest BCUT2D eigenvalue weighted by Crippen LogP contribution is -2.47. The highest BCUT2D eigenvalue weighted by molar-refractivity contribution is 5.87. The molecule has 3 aromatic rings. The summed E-state index contributed by atoms with van der Waals surface area (Å²) in [5, 5.41) is 0. The maximum Gasteiger partial charge on any atom is 0.330 e. The summed E-state index contributed by atoms with van der Waals surface area (Å²) < 4.78 is 29.0. The van der Waals surface area contributed by atoms with Crippen LogP contribution in [0.15, 0.2) is 78.9 Å². The van der Waals surface area contributed by atoms with E-state index in [9.17, 15) is 9.59 Å². The van der Waals surface area contributed by atoms with Crippen LogP contribution in [0, 0.1) is 16.2 Å². The van der Waals surface area contributed by atoms with Crippen LogP contribution in [0.25, 0.3) is 17.2 Å². The molecule has 0 bridgehead atoms. The van der Waals surface area contributed by atoms with Gasteiger partial charge in [0.05, 0.1) is 12.5 Å². The SMILES string of the molecule is COc1ccccc1/C=C\C(=O)OCCOc1ccc(-c2ccc(OC(C)(C)CCC(C)(C)OC(=O)C(C)(CC(C)(C)C)C(C)(C)C)cc2)cc1. The average molecular weight is 701 g/mol. The fourth-order valence-electron chi connectivity index (χ4n) is 5.86. The number of methoxy groups -OCH3 is 1. The highest BCUT2D eigenvalue weighted by Gasteiger charge is 2.49. The number of hydrogen-bond acceptors (Lipinski definition) is 7. The maximum absolute atomic E-state index is 13.7. The molecule has 51 heavy (non-hydrogen) atoms. The minimum atomic E-state index is -0.638. The van der Waals surface area contributed by atoms with E-state index in [1.807, 2.05) is 93.6 Å². The summed E-state index contributed by atoms with van der Waals surface area (Å²) in [6.07, 6.45) is 5.16. The number of rotatable bonds is 16. The molecule has 0 spiro atoms. The van der Waals surface area contributed by atoms with Gasteiger partial charge in [0.2, 0.25) is 0 Å². The molecule has 3 rings (SSSR count). The lowest BCUT2D eigenvalue weighted by molar-refractivity contribution is -0.179. The summed E-state index contributed by atoms with van der Waals surface area (Å²) in [5.41, 5.74) is 0.914. The average Bonchev–Trinajstić information content (AvgIpc) is 3.04. The normalized spacial score (nSPS) is 13.7. The van der Waals surface area contributed by atoms with Crippen molar-refractivity contribution >= 4 is 18.0 Å². The Hall–Kier alpha value is -4.26. The van der Waals surface area contributed by atoms with Gasteiger partial charge in [0.25, 0.3) is 0 Å². The number of ether oxygens (including phenoxy) is 5. The molecule has 0 N–H and O–H groups in total. The van der Waals surface area contributed by atoms with E-state index < -0.39 is 22.6 Å². The molecule has 278 valence electrons. The van der Waals surface area contributed by atoms with Crippen molar-refractivity contribution in [3.8, 4) is 28.4 Å². The summed E-state index contributed by atoms with van der Waals surface area (Å²) >= 11 is 0. The van der Waals surface area contributed by atoms with Crippen LogP contribution < -0.4 is 14.2 Å². The number of benzene rings is 3. The first-order valence-corrected chi connectivity index (χ1v) is 17.9. The van der Waals surface area contributed by atoms with Crippen molar-refractivity contribution in [3.63, 3.8) is 0 Å². The zero-order valence-electron chi connectivity index (χ0n) is 33.0. The van der Waals surface area contributed by atoms with Crippen molar-refractivity contribution in [2.24, 2.45) is 16.2 Å². The van der Waals surface area contributed by atoms with E-state index >= 15 is 0 Å². The Labute approximate surface area is 306 Å². The summed E-state index contributed by atoms with van der Waals surface area (Å²) in [5.74, 6) is 1.56.